The fraction of sp³-hybridized carbons (Fsp3) is 0.353. The second-order valence-corrected chi connectivity index (χ2v) is 5.91. The zero-order chi connectivity index (χ0) is 17.6. The number of hydrogen-bond donors (Lipinski definition) is 2. The molecule has 8 nitrogen and oxygen atoms in total. The van der Waals surface area contributed by atoms with Gasteiger partial charge in [-0.3, -0.25) is 4.79 Å². The van der Waals surface area contributed by atoms with Gasteiger partial charge in [-0.2, -0.15) is 0 Å². The Morgan fingerprint density at radius 3 is 2.76 bits per heavy atom. The summed E-state index contributed by atoms with van der Waals surface area (Å²) in [5.74, 6) is 1.73. The Hall–Kier alpha value is -2.87. The lowest BCUT2D eigenvalue weighted by molar-refractivity contribution is 0.0946. The number of rotatable bonds is 7. The van der Waals surface area contributed by atoms with Crippen molar-refractivity contribution in [2.45, 2.75) is 6.42 Å². The summed E-state index contributed by atoms with van der Waals surface area (Å²) in [5.41, 5.74) is 1.10. The molecule has 0 unspecified atom stereocenters. The molecule has 0 aliphatic carbocycles. The molecule has 132 valence electrons. The van der Waals surface area contributed by atoms with Crippen LogP contribution in [0.2, 0.25) is 0 Å². The lowest BCUT2D eigenvalue weighted by Gasteiger charge is -2.10. The van der Waals surface area contributed by atoms with Crippen molar-refractivity contribution >= 4 is 17.4 Å². The summed E-state index contributed by atoms with van der Waals surface area (Å²) in [5, 5.41) is 14.0. The van der Waals surface area contributed by atoms with Gasteiger partial charge in [0.05, 0.1) is 0 Å². The molecule has 1 aromatic heterocycles. The van der Waals surface area contributed by atoms with Gasteiger partial charge in [0.2, 0.25) is 6.79 Å². The Labute approximate surface area is 146 Å². The molecule has 1 amide bonds. The molecule has 2 heterocycles. The fourth-order valence-electron chi connectivity index (χ4n) is 2.33. The summed E-state index contributed by atoms with van der Waals surface area (Å²) in [6.07, 6.45) is 0.885. The summed E-state index contributed by atoms with van der Waals surface area (Å²) in [6.45, 7) is 1.76. The van der Waals surface area contributed by atoms with Crippen LogP contribution in [0.5, 0.6) is 11.5 Å². The Morgan fingerprint density at radius 2 is 2.00 bits per heavy atom. The average Bonchev–Trinajstić information content (AvgIpc) is 3.07. The maximum Gasteiger partial charge on any atom is 0.271 e. The molecule has 8 heteroatoms. The highest BCUT2D eigenvalue weighted by Gasteiger charge is 2.13. The van der Waals surface area contributed by atoms with Crippen LogP contribution in [-0.2, 0) is 0 Å². The van der Waals surface area contributed by atoms with Crippen LogP contribution >= 0.6 is 0 Å². The molecule has 0 atom stereocenters. The van der Waals surface area contributed by atoms with Crippen molar-refractivity contribution in [2.24, 2.45) is 0 Å². The van der Waals surface area contributed by atoms with E-state index in [2.05, 4.69) is 25.7 Å². The van der Waals surface area contributed by atoms with Crippen molar-refractivity contribution in [1.82, 2.24) is 20.4 Å². The third kappa shape index (κ3) is 4.57. The van der Waals surface area contributed by atoms with Crippen molar-refractivity contribution in [3.05, 3.63) is 36.0 Å². The van der Waals surface area contributed by atoms with E-state index in [0.29, 0.717) is 23.8 Å². The molecule has 25 heavy (non-hydrogen) atoms. The van der Waals surface area contributed by atoms with Crippen molar-refractivity contribution in [3.63, 3.8) is 0 Å². The van der Waals surface area contributed by atoms with E-state index in [0.717, 1.165) is 24.4 Å². The molecule has 1 aliphatic heterocycles. The van der Waals surface area contributed by atoms with Gasteiger partial charge in [-0.1, -0.05) is 0 Å². The third-order valence-corrected chi connectivity index (χ3v) is 3.61. The Bertz CT molecular complexity index is 734. The minimum Gasteiger partial charge on any atom is -0.454 e. The normalized spacial score (nSPS) is 12.3. The average molecular weight is 343 g/mol. The van der Waals surface area contributed by atoms with Crippen molar-refractivity contribution in [2.75, 3.05) is 39.3 Å². The predicted octanol–water partition coefficient (Wildman–Crippen LogP) is 1.63. The van der Waals surface area contributed by atoms with Crippen LogP contribution in [0.15, 0.2) is 30.3 Å². The van der Waals surface area contributed by atoms with E-state index in [9.17, 15) is 4.79 Å². The van der Waals surface area contributed by atoms with Gasteiger partial charge in [0.1, 0.15) is 0 Å². The molecule has 0 saturated heterocycles. The van der Waals surface area contributed by atoms with Gasteiger partial charge in [-0.25, -0.2) is 0 Å². The zero-order valence-electron chi connectivity index (χ0n) is 14.3. The summed E-state index contributed by atoms with van der Waals surface area (Å²) in [7, 11) is 4.00. The van der Waals surface area contributed by atoms with Gasteiger partial charge in [0.15, 0.2) is 23.0 Å². The van der Waals surface area contributed by atoms with Gasteiger partial charge in [0, 0.05) is 18.3 Å². The number of ether oxygens (including phenoxy) is 2. The van der Waals surface area contributed by atoms with Crippen LogP contribution in [-0.4, -0.2) is 55.0 Å². The first kappa shape index (κ1) is 17.0. The minimum atomic E-state index is -0.221. The molecule has 1 aromatic carbocycles. The predicted molar refractivity (Wildman–Crippen MR) is 93.4 cm³/mol. The summed E-state index contributed by atoms with van der Waals surface area (Å²) < 4.78 is 10.6. The minimum absolute atomic E-state index is 0.221. The number of nitrogens with one attached hydrogen (secondary N) is 2. The lowest BCUT2D eigenvalue weighted by atomic mass is 10.2. The molecular weight excluding hydrogens is 322 g/mol. The number of aromatic nitrogens is 2. The van der Waals surface area contributed by atoms with E-state index in [-0.39, 0.29) is 12.7 Å². The van der Waals surface area contributed by atoms with E-state index in [1.807, 2.05) is 32.3 Å². The van der Waals surface area contributed by atoms with E-state index in [1.54, 1.807) is 12.1 Å². The first-order valence-corrected chi connectivity index (χ1v) is 8.05. The van der Waals surface area contributed by atoms with E-state index in [1.165, 1.54) is 0 Å². The number of benzene rings is 1. The number of carbonyl (C=O) groups is 1. The topological polar surface area (TPSA) is 88.6 Å². The highest BCUT2D eigenvalue weighted by Crippen LogP contribution is 2.34. The molecular formula is C17H21N5O3. The largest absolute Gasteiger partial charge is 0.454 e. The molecule has 0 bridgehead atoms. The number of carbonyl (C=O) groups excluding carboxylic acids is 1. The second kappa shape index (κ2) is 7.80. The monoisotopic (exact) mass is 343 g/mol. The van der Waals surface area contributed by atoms with Gasteiger partial charge < -0.3 is 25.0 Å². The summed E-state index contributed by atoms with van der Waals surface area (Å²) >= 11 is 0. The molecule has 2 aromatic rings. The fourth-order valence-corrected chi connectivity index (χ4v) is 2.33. The SMILES string of the molecule is CN(C)CCCNC(=O)c1ccc(Nc2ccc3c(c2)OCO3)nn1. The number of fused-ring (bicyclic) bond motifs is 1. The smallest absolute Gasteiger partial charge is 0.271 e. The standard InChI is InChI=1S/C17H21N5O3/c1-22(2)9-3-8-18-17(23)13-5-7-16(21-20-13)19-12-4-6-14-15(10-12)25-11-24-14/h4-7,10H,3,8-9,11H2,1-2H3,(H,18,23)(H,19,21). The number of hydrogen-bond acceptors (Lipinski definition) is 7. The van der Waals surface area contributed by atoms with Crippen LogP contribution in [0.1, 0.15) is 16.9 Å². The van der Waals surface area contributed by atoms with Crippen LogP contribution in [0.4, 0.5) is 11.5 Å². The first-order valence-electron chi connectivity index (χ1n) is 8.05. The molecule has 3 rings (SSSR count). The Kier molecular flexibility index (Phi) is 5.30. The van der Waals surface area contributed by atoms with E-state index >= 15 is 0 Å². The van der Waals surface area contributed by atoms with Crippen LogP contribution < -0.4 is 20.1 Å². The summed E-state index contributed by atoms with van der Waals surface area (Å²) in [6, 6.07) is 8.87. The van der Waals surface area contributed by atoms with Gasteiger partial charge in [0.25, 0.3) is 5.91 Å². The van der Waals surface area contributed by atoms with Crippen molar-refractivity contribution in [3.8, 4) is 11.5 Å². The van der Waals surface area contributed by atoms with Gasteiger partial charge in [-0.05, 0) is 51.3 Å². The Balaban J connectivity index is 1.54. The van der Waals surface area contributed by atoms with E-state index in [4.69, 9.17) is 9.47 Å². The Morgan fingerprint density at radius 1 is 1.16 bits per heavy atom. The quantitative estimate of drug-likeness (QED) is 0.739. The first-order chi connectivity index (χ1) is 12.1. The van der Waals surface area contributed by atoms with Crippen molar-refractivity contribution < 1.29 is 14.3 Å². The maximum atomic E-state index is 12.0. The highest BCUT2D eigenvalue weighted by atomic mass is 16.7. The van der Waals surface area contributed by atoms with Gasteiger partial charge >= 0.3 is 0 Å². The second-order valence-electron chi connectivity index (χ2n) is 5.91. The van der Waals surface area contributed by atoms with Crippen LogP contribution in [0, 0.1) is 0 Å². The van der Waals surface area contributed by atoms with Crippen LogP contribution in [0.3, 0.4) is 0 Å². The van der Waals surface area contributed by atoms with Crippen molar-refractivity contribution in [1.29, 1.82) is 0 Å². The van der Waals surface area contributed by atoms with E-state index < -0.39 is 0 Å². The highest BCUT2D eigenvalue weighted by molar-refractivity contribution is 5.92. The molecule has 1 aliphatic rings. The summed E-state index contributed by atoms with van der Waals surface area (Å²) in [4.78, 5) is 14.1. The molecule has 0 radical (unpaired) electrons. The number of anilines is 2. The lowest BCUT2D eigenvalue weighted by Crippen LogP contribution is -2.28. The molecule has 0 fully saturated rings. The zero-order valence-corrected chi connectivity index (χ0v) is 14.3. The molecule has 0 spiro atoms. The number of nitrogens with zero attached hydrogens (tertiary/aromatic N) is 3. The number of amides is 1. The third-order valence-electron chi connectivity index (χ3n) is 3.61. The van der Waals surface area contributed by atoms with Gasteiger partial charge in [-0.15, -0.1) is 10.2 Å². The van der Waals surface area contributed by atoms with Crippen LogP contribution in [0.25, 0.3) is 0 Å². The molecule has 0 saturated carbocycles. The maximum absolute atomic E-state index is 12.0. The molecule has 2 N–H and O–H groups in total.